The molecular formula is C13H24N4O6. The van der Waals surface area contributed by atoms with Gasteiger partial charge in [0.25, 0.3) is 0 Å². The Kier molecular flexibility index (Phi) is 8.81. The zero-order chi connectivity index (χ0) is 18.2. The number of rotatable bonds is 10. The number of carboxylic acid groups (broad SMARTS) is 1. The Morgan fingerprint density at radius 1 is 1.04 bits per heavy atom. The van der Waals surface area contributed by atoms with Crippen molar-refractivity contribution in [1.29, 1.82) is 0 Å². The molecule has 0 aromatic rings. The van der Waals surface area contributed by atoms with Gasteiger partial charge in [0.2, 0.25) is 17.7 Å². The van der Waals surface area contributed by atoms with Crippen molar-refractivity contribution in [2.24, 2.45) is 17.4 Å². The monoisotopic (exact) mass is 332 g/mol. The maximum atomic E-state index is 12.2. The number of aliphatic hydroxyl groups excluding tert-OH is 1. The zero-order valence-corrected chi connectivity index (χ0v) is 13.1. The number of aliphatic carboxylic acids is 1. The van der Waals surface area contributed by atoms with E-state index < -0.39 is 54.8 Å². The van der Waals surface area contributed by atoms with Gasteiger partial charge in [-0.25, -0.2) is 4.79 Å². The minimum Gasteiger partial charge on any atom is -0.480 e. The number of primary amides is 1. The SMILES string of the molecule is CC(C)C[C@H](NC(=O)[C@@H](N)CO)C(=O)N[C@@H](CC(N)=O)C(=O)O. The van der Waals surface area contributed by atoms with Gasteiger partial charge in [-0.3, -0.25) is 14.4 Å². The van der Waals surface area contributed by atoms with Crippen LogP contribution in [0, 0.1) is 5.92 Å². The summed E-state index contributed by atoms with van der Waals surface area (Å²) >= 11 is 0. The molecule has 3 atom stereocenters. The van der Waals surface area contributed by atoms with Gasteiger partial charge >= 0.3 is 5.97 Å². The number of nitrogens with two attached hydrogens (primary N) is 2. The molecule has 0 spiro atoms. The fourth-order valence-corrected chi connectivity index (χ4v) is 1.74. The van der Waals surface area contributed by atoms with Crippen LogP contribution in [0.5, 0.6) is 0 Å². The summed E-state index contributed by atoms with van der Waals surface area (Å²) in [4.78, 5) is 45.8. The van der Waals surface area contributed by atoms with Gasteiger partial charge in [-0.1, -0.05) is 13.8 Å². The summed E-state index contributed by atoms with van der Waals surface area (Å²) < 4.78 is 0. The standard InChI is InChI=1S/C13H24N4O6/c1-6(2)3-8(16-11(20)7(14)5-18)12(21)17-9(13(22)23)4-10(15)19/h6-9,18H,3-5,14H2,1-2H3,(H2,15,19)(H,16,20)(H,17,21)(H,22,23)/t7-,8-,9-/m0/s1. The van der Waals surface area contributed by atoms with E-state index in [1.54, 1.807) is 13.8 Å². The van der Waals surface area contributed by atoms with E-state index >= 15 is 0 Å². The molecule has 0 aromatic carbocycles. The number of carbonyl (C=O) groups is 4. The van der Waals surface area contributed by atoms with E-state index in [0.717, 1.165) is 0 Å². The van der Waals surface area contributed by atoms with E-state index in [2.05, 4.69) is 10.6 Å². The highest BCUT2D eigenvalue weighted by atomic mass is 16.4. The lowest BCUT2D eigenvalue weighted by molar-refractivity contribution is -0.143. The number of aliphatic hydroxyl groups is 1. The lowest BCUT2D eigenvalue weighted by atomic mass is 10.0. The van der Waals surface area contributed by atoms with Gasteiger partial charge in [0.15, 0.2) is 0 Å². The molecule has 0 radical (unpaired) electrons. The molecule has 0 saturated carbocycles. The van der Waals surface area contributed by atoms with E-state index in [9.17, 15) is 19.2 Å². The molecule has 10 heteroatoms. The molecule has 0 aliphatic rings. The van der Waals surface area contributed by atoms with Gasteiger partial charge in [-0.15, -0.1) is 0 Å². The van der Waals surface area contributed by atoms with E-state index in [4.69, 9.17) is 21.7 Å². The summed E-state index contributed by atoms with van der Waals surface area (Å²) in [6.07, 6.45) is -0.349. The summed E-state index contributed by atoms with van der Waals surface area (Å²) in [5.74, 6) is -3.81. The Balaban J connectivity index is 5.01. The van der Waals surface area contributed by atoms with E-state index in [1.807, 2.05) is 0 Å². The molecule has 0 saturated heterocycles. The lowest BCUT2D eigenvalue weighted by Crippen LogP contribution is -2.55. The van der Waals surface area contributed by atoms with Crippen LogP contribution in [-0.4, -0.2) is 58.6 Å². The van der Waals surface area contributed by atoms with Crippen LogP contribution < -0.4 is 22.1 Å². The first kappa shape index (κ1) is 20.8. The van der Waals surface area contributed by atoms with Crippen molar-refractivity contribution in [1.82, 2.24) is 10.6 Å². The molecular weight excluding hydrogens is 308 g/mol. The molecule has 0 rings (SSSR count). The molecule has 0 aliphatic heterocycles. The minimum absolute atomic E-state index is 0.0100. The van der Waals surface area contributed by atoms with Gasteiger partial charge in [-0.05, 0) is 12.3 Å². The summed E-state index contributed by atoms with van der Waals surface area (Å²) in [5.41, 5.74) is 10.3. The average Bonchev–Trinajstić information content (AvgIpc) is 2.43. The number of hydrogen-bond acceptors (Lipinski definition) is 6. The van der Waals surface area contributed by atoms with Crippen molar-refractivity contribution in [3.8, 4) is 0 Å². The number of carbonyl (C=O) groups excluding carboxylic acids is 3. The highest BCUT2D eigenvalue weighted by Gasteiger charge is 2.29. The first-order valence-electron chi connectivity index (χ1n) is 7.06. The van der Waals surface area contributed by atoms with Crippen LogP contribution in [0.2, 0.25) is 0 Å². The summed E-state index contributed by atoms with van der Waals surface area (Å²) in [6.45, 7) is 3.01. The van der Waals surface area contributed by atoms with Crippen molar-refractivity contribution < 1.29 is 29.4 Å². The fourth-order valence-electron chi connectivity index (χ4n) is 1.74. The second-order valence-corrected chi connectivity index (χ2v) is 5.55. The van der Waals surface area contributed by atoms with Gasteiger partial charge in [0.1, 0.15) is 18.1 Å². The first-order valence-corrected chi connectivity index (χ1v) is 7.06. The summed E-state index contributed by atoms with van der Waals surface area (Å²) in [5, 5.41) is 22.3. The quantitative estimate of drug-likeness (QED) is 0.251. The molecule has 3 amide bonds. The molecule has 0 bridgehead atoms. The number of hydrogen-bond donors (Lipinski definition) is 6. The van der Waals surface area contributed by atoms with Gasteiger partial charge in [-0.2, -0.15) is 0 Å². The van der Waals surface area contributed by atoms with Gasteiger partial charge in [0.05, 0.1) is 13.0 Å². The third-order valence-corrected chi connectivity index (χ3v) is 2.89. The molecule has 0 heterocycles. The van der Waals surface area contributed by atoms with Crippen LogP contribution in [0.4, 0.5) is 0 Å². The van der Waals surface area contributed by atoms with Gasteiger partial charge < -0.3 is 32.3 Å². The van der Waals surface area contributed by atoms with Crippen LogP contribution in [0.25, 0.3) is 0 Å². The lowest BCUT2D eigenvalue weighted by Gasteiger charge is -2.23. The Morgan fingerprint density at radius 2 is 1.57 bits per heavy atom. The molecule has 0 aromatic heterocycles. The maximum absolute atomic E-state index is 12.2. The normalized spacial score (nSPS) is 14.7. The fraction of sp³-hybridized carbons (Fsp3) is 0.692. The minimum atomic E-state index is -1.49. The Bertz CT molecular complexity index is 454. The average molecular weight is 332 g/mol. The van der Waals surface area contributed by atoms with E-state index in [0.29, 0.717) is 0 Å². The van der Waals surface area contributed by atoms with Crippen LogP contribution in [0.15, 0.2) is 0 Å². The Labute approximate surface area is 133 Å². The Hall–Kier alpha value is -2.20. The molecule has 0 unspecified atom stereocenters. The smallest absolute Gasteiger partial charge is 0.326 e. The second kappa shape index (κ2) is 9.74. The molecule has 8 N–H and O–H groups in total. The van der Waals surface area contributed by atoms with Crippen molar-refractivity contribution in [2.45, 2.75) is 44.8 Å². The van der Waals surface area contributed by atoms with E-state index in [-0.39, 0.29) is 12.3 Å². The van der Waals surface area contributed by atoms with Crippen molar-refractivity contribution in [2.75, 3.05) is 6.61 Å². The zero-order valence-electron chi connectivity index (χ0n) is 13.1. The molecule has 132 valence electrons. The van der Waals surface area contributed by atoms with Crippen molar-refractivity contribution in [3.63, 3.8) is 0 Å². The van der Waals surface area contributed by atoms with Gasteiger partial charge in [0, 0.05) is 0 Å². The summed E-state index contributed by atoms with van der Waals surface area (Å²) in [6, 6.07) is -3.73. The molecule has 23 heavy (non-hydrogen) atoms. The summed E-state index contributed by atoms with van der Waals surface area (Å²) in [7, 11) is 0. The largest absolute Gasteiger partial charge is 0.480 e. The molecule has 10 nitrogen and oxygen atoms in total. The maximum Gasteiger partial charge on any atom is 0.326 e. The molecule has 0 fully saturated rings. The van der Waals surface area contributed by atoms with E-state index in [1.165, 1.54) is 0 Å². The third kappa shape index (κ3) is 8.12. The highest BCUT2D eigenvalue weighted by molar-refractivity contribution is 5.93. The Morgan fingerprint density at radius 3 is 1.96 bits per heavy atom. The number of nitrogens with one attached hydrogen (secondary N) is 2. The first-order chi connectivity index (χ1) is 10.6. The number of carboxylic acids is 1. The van der Waals surface area contributed by atoms with Crippen LogP contribution in [0.1, 0.15) is 26.7 Å². The molecule has 0 aliphatic carbocycles. The predicted molar refractivity (Wildman–Crippen MR) is 79.8 cm³/mol. The predicted octanol–water partition coefficient (Wildman–Crippen LogP) is -2.72. The topological polar surface area (TPSA) is 185 Å². The highest BCUT2D eigenvalue weighted by Crippen LogP contribution is 2.06. The third-order valence-electron chi connectivity index (χ3n) is 2.89. The second-order valence-electron chi connectivity index (χ2n) is 5.55. The van der Waals surface area contributed by atoms with Crippen molar-refractivity contribution in [3.05, 3.63) is 0 Å². The van der Waals surface area contributed by atoms with Crippen molar-refractivity contribution >= 4 is 23.7 Å². The number of amides is 3. The van der Waals surface area contributed by atoms with Crippen LogP contribution >= 0.6 is 0 Å². The van der Waals surface area contributed by atoms with Crippen LogP contribution in [-0.2, 0) is 19.2 Å². The van der Waals surface area contributed by atoms with Crippen LogP contribution in [0.3, 0.4) is 0 Å².